The van der Waals surface area contributed by atoms with Gasteiger partial charge in [0.05, 0.1) is 6.42 Å². The van der Waals surface area contributed by atoms with Crippen molar-refractivity contribution in [1.29, 1.82) is 0 Å². The van der Waals surface area contributed by atoms with Crippen LogP contribution < -0.4 is 0 Å². The number of hydrogen-bond acceptors (Lipinski definition) is 4. The van der Waals surface area contributed by atoms with Crippen LogP contribution in [0.25, 0.3) is 0 Å². The molecule has 6 heteroatoms. The van der Waals surface area contributed by atoms with E-state index in [2.05, 4.69) is 9.68 Å². The standard InChI is InChI=1S/C10H14N2O4/c1-10(2,6-8(13)14)12(3)9(15)7-4-5-16-11-7/h4-5H,6H2,1-3H3,(H,13,14). The molecule has 1 rings (SSSR count). The highest BCUT2D eigenvalue weighted by atomic mass is 16.5. The van der Waals surface area contributed by atoms with Crippen LogP contribution in [0.1, 0.15) is 30.8 Å². The van der Waals surface area contributed by atoms with Crippen molar-refractivity contribution in [2.75, 3.05) is 7.05 Å². The van der Waals surface area contributed by atoms with Gasteiger partial charge in [0.25, 0.3) is 5.91 Å². The van der Waals surface area contributed by atoms with Gasteiger partial charge in [-0.1, -0.05) is 5.16 Å². The van der Waals surface area contributed by atoms with Crippen LogP contribution >= 0.6 is 0 Å². The van der Waals surface area contributed by atoms with Crippen LogP contribution in [-0.4, -0.2) is 39.6 Å². The lowest BCUT2D eigenvalue weighted by molar-refractivity contribution is -0.139. The molecular formula is C10H14N2O4. The molecular weight excluding hydrogens is 212 g/mol. The molecule has 0 saturated carbocycles. The molecule has 0 aliphatic carbocycles. The lowest BCUT2D eigenvalue weighted by Gasteiger charge is -2.33. The molecule has 88 valence electrons. The molecule has 1 N–H and O–H groups in total. The summed E-state index contributed by atoms with van der Waals surface area (Å²) in [5.41, 5.74) is -0.608. The molecule has 0 atom stereocenters. The van der Waals surface area contributed by atoms with Gasteiger partial charge in [-0.3, -0.25) is 9.59 Å². The minimum absolute atomic E-state index is 0.132. The van der Waals surface area contributed by atoms with E-state index in [1.54, 1.807) is 20.9 Å². The van der Waals surface area contributed by atoms with Crippen LogP contribution in [-0.2, 0) is 4.79 Å². The molecule has 0 fully saturated rings. The molecule has 0 aliphatic rings. The summed E-state index contributed by atoms with van der Waals surface area (Å²) in [7, 11) is 1.54. The molecule has 16 heavy (non-hydrogen) atoms. The average molecular weight is 226 g/mol. The van der Waals surface area contributed by atoms with Gasteiger partial charge in [0.15, 0.2) is 5.69 Å². The predicted octanol–water partition coefficient (Wildman–Crippen LogP) is 1.000. The second kappa shape index (κ2) is 4.34. The molecule has 0 spiro atoms. The Kier molecular flexibility index (Phi) is 3.31. The maximum absolute atomic E-state index is 11.8. The number of hydrogen-bond donors (Lipinski definition) is 1. The number of carbonyl (C=O) groups excluding carboxylic acids is 1. The van der Waals surface area contributed by atoms with E-state index in [4.69, 9.17) is 5.11 Å². The van der Waals surface area contributed by atoms with Gasteiger partial charge in [-0.15, -0.1) is 0 Å². The van der Waals surface area contributed by atoms with Gasteiger partial charge in [0, 0.05) is 18.7 Å². The topological polar surface area (TPSA) is 83.6 Å². The number of carboxylic acid groups (broad SMARTS) is 1. The smallest absolute Gasteiger partial charge is 0.305 e. The summed E-state index contributed by atoms with van der Waals surface area (Å²) >= 11 is 0. The predicted molar refractivity (Wildman–Crippen MR) is 54.9 cm³/mol. The minimum atomic E-state index is -0.954. The first-order valence-electron chi connectivity index (χ1n) is 4.75. The fourth-order valence-corrected chi connectivity index (χ4v) is 1.26. The van der Waals surface area contributed by atoms with Gasteiger partial charge >= 0.3 is 5.97 Å². The van der Waals surface area contributed by atoms with E-state index in [0.29, 0.717) is 0 Å². The Labute approximate surface area is 92.8 Å². The van der Waals surface area contributed by atoms with E-state index in [9.17, 15) is 9.59 Å². The van der Waals surface area contributed by atoms with Crippen LogP contribution in [0, 0.1) is 0 Å². The summed E-state index contributed by atoms with van der Waals surface area (Å²) in [4.78, 5) is 23.8. The normalized spacial score (nSPS) is 11.2. The summed E-state index contributed by atoms with van der Waals surface area (Å²) in [6.07, 6.45) is 1.17. The first-order chi connectivity index (χ1) is 7.34. The molecule has 1 amide bonds. The molecule has 0 radical (unpaired) electrons. The monoisotopic (exact) mass is 226 g/mol. The fourth-order valence-electron chi connectivity index (χ4n) is 1.26. The lowest BCUT2D eigenvalue weighted by atomic mass is 9.98. The number of nitrogens with zero attached hydrogens (tertiary/aromatic N) is 2. The maximum Gasteiger partial charge on any atom is 0.305 e. The number of carboxylic acids is 1. The van der Waals surface area contributed by atoms with E-state index in [0.717, 1.165) is 0 Å². The highest BCUT2D eigenvalue weighted by Gasteiger charge is 2.31. The zero-order chi connectivity index (χ0) is 12.3. The molecule has 0 bridgehead atoms. The number of rotatable bonds is 4. The largest absolute Gasteiger partial charge is 0.481 e. The van der Waals surface area contributed by atoms with Crippen molar-refractivity contribution >= 4 is 11.9 Å². The third kappa shape index (κ3) is 2.59. The summed E-state index contributed by atoms with van der Waals surface area (Å²) in [6, 6.07) is 1.44. The van der Waals surface area contributed by atoms with Crippen molar-refractivity contribution in [3.8, 4) is 0 Å². The molecule has 0 aliphatic heterocycles. The minimum Gasteiger partial charge on any atom is -0.481 e. The van der Waals surface area contributed by atoms with E-state index in [1.807, 2.05) is 0 Å². The molecule has 0 saturated heterocycles. The lowest BCUT2D eigenvalue weighted by Crippen LogP contribution is -2.46. The van der Waals surface area contributed by atoms with E-state index >= 15 is 0 Å². The molecule has 1 heterocycles. The SMILES string of the molecule is CN(C(=O)c1ccon1)C(C)(C)CC(=O)O. The van der Waals surface area contributed by atoms with Crippen LogP contribution in [0.15, 0.2) is 16.9 Å². The maximum atomic E-state index is 11.8. The van der Waals surface area contributed by atoms with Crippen LogP contribution in [0.3, 0.4) is 0 Å². The first kappa shape index (κ1) is 12.2. The van der Waals surface area contributed by atoms with Gasteiger partial charge < -0.3 is 14.5 Å². The molecule has 0 unspecified atom stereocenters. The zero-order valence-corrected chi connectivity index (χ0v) is 9.43. The van der Waals surface area contributed by atoms with Gasteiger partial charge in [-0.25, -0.2) is 0 Å². The third-order valence-electron chi connectivity index (χ3n) is 2.45. The van der Waals surface area contributed by atoms with Crippen LogP contribution in [0.2, 0.25) is 0 Å². The van der Waals surface area contributed by atoms with E-state index in [-0.39, 0.29) is 18.0 Å². The first-order valence-corrected chi connectivity index (χ1v) is 4.75. The van der Waals surface area contributed by atoms with E-state index < -0.39 is 11.5 Å². The Morgan fingerprint density at radius 3 is 2.62 bits per heavy atom. The summed E-state index contributed by atoms with van der Waals surface area (Å²) in [5.74, 6) is -1.31. The average Bonchev–Trinajstić information content (AvgIpc) is 2.66. The van der Waals surface area contributed by atoms with Crippen molar-refractivity contribution in [3.63, 3.8) is 0 Å². The van der Waals surface area contributed by atoms with Crippen LogP contribution in [0.4, 0.5) is 0 Å². The van der Waals surface area contributed by atoms with Crippen LogP contribution in [0.5, 0.6) is 0 Å². The molecule has 1 aromatic heterocycles. The number of aliphatic carboxylic acids is 1. The van der Waals surface area contributed by atoms with Gasteiger partial charge in [-0.2, -0.15) is 0 Å². The number of aromatic nitrogens is 1. The summed E-state index contributed by atoms with van der Waals surface area (Å²) in [6.45, 7) is 3.36. The van der Waals surface area contributed by atoms with Gasteiger partial charge in [0.1, 0.15) is 6.26 Å². The Morgan fingerprint density at radius 2 is 2.19 bits per heavy atom. The fraction of sp³-hybridized carbons (Fsp3) is 0.500. The molecule has 6 nitrogen and oxygen atoms in total. The van der Waals surface area contributed by atoms with Crippen molar-refractivity contribution < 1.29 is 19.2 Å². The Bertz CT molecular complexity index is 384. The zero-order valence-electron chi connectivity index (χ0n) is 9.43. The second-order valence-electron chi connectivity index (χ2n) is 4.13. The number of carbonyl (C=O) groups is 2. The highest BCUT2D eigenvalue weighted by Crippen LogP contribution is 2.19. The summed E-state index contributed by atoms with van der Waals surface area (Å²) in [5, 5.41) is 12.3. The molecule has 1 aromatic rings. The summed E-state index contributed by atoms with van der Waals surface area (Å²) < 4.78 is 4.57. The van der Waals surface area contributed by atoms with Crippen molar-refractivity contribution in [2.24, 2.45) is 0 Å². The van der Waals surface area contributed by atoms with Crippen molar-refractivity contribution in [1.82, 2.24) is 10.1 Å². The third-order valence-corrected chi connectivity index (χ3v) is 2.45. The Balaban J connectivity index is 2.81. The highest BCUT2D eigenvalue weighted by molar-refractivity contribution is 5.92. The Hall–Kier alpha value is -1.85. The second-order valence-corrected chi connectivity index (χ2v) is 4.13. The van der Waals surface area contributed by atoms with Crippen molar-refractivity contribution in [2.45, 2.75) is 25.8 Å². The van der Waals surface area contributed by atoms with E-state index in [1.165, 1.54) is 17.2 Å². The van der Waals surface area contributed by atoms with Crippen molar-refractivity contribution in [3.05, 3.63) is 18.0 Å². The number of amides is 1. The quantitative estimate of drug-likeness (QED) is 0.827. The Morgan fingerprint density at radius 1 is 1.56 bits per heavy atom. The van der Waals surface area contributed by atoms with Gasteiger partial charge in [-0.05, 0) is 13.8 Å². The molecule has 0 aromatic carbocycles. The van der Waals surface area contributed by atoms with Gasteiger partial charge in [0.2, 0.25) is 0 Å².